The van der Waals surface area contributed by atoms with Crippen LogP contribution in [0.3, 0.4) is 0 Å². The molecule has 0 spiro atoms. The van der Waals surface area contributed by atoms with Gasteiger partial charge in [-0.3, -0.25) is 14.7 Å². The average molecular weight is 348 g/mol. The molecule has 1 aromatic carbocycles. The summed E-state index contributed by atoms with van der Waals surface area (Å²) in [5.74, 6) is 0.813. The Labute approximate surface area is 152 Å². The summed E-state index contributed by atoms with van der Waals surface area (Å²) < 4.78 is 0. The third-order valence-electron chi connectivity index (χ3n) is 4.79. The van der Waals surface area contributed by atoms with E-state index in [9.17, 15) is 10.1 Å². The molecule has 26 heavy (non-hydrogen) atoms. The molecule has 0 aliphatic carbocycles. The summed E-state index contributed by atoms with van der Waals surface area (Å²) >= 11 is 0. The predicted molar refractivity (Wildman–Crippen MR) is 97.8 cm³/mol. The van der Waals surface area contributed by atoms with Crippen LogP contribution in [0.5, 0.6) is 0 Å². The Hall–Kier alpha value is -3.14. The summed E-state index contributed by atoms with van der Waals surface area (Å²) in [6.45, 7) is 2.56. The molecule has 0 aromatic heterocycles. The van der Waals surface area contributed by atoms with Gasteiger partial charge in [0.1, 0.15) is 0 Å². The summed E-state index contributed by atoms with van der Waals surface area (Å²) in [6, 6.07) is 9.58. The van der Waals surface area contributed by atoms with Crippen LogP contribution in [0.25, 0.3) is 0 Å². The van der Waals surface area contributed by atoms with E-state index in [-0.39, 0.29) is 5.91 Å². The monoisotopic (exact) mass is 348 g/mol. The maximum atomic E-state index is 13.1. The number of hydrogen-bond acceptors (Lipinski definition) is 6. The Bertz CT molecular complexity index is 844. The molecule has 3 aliphatic rings. The quantitative estimate of drug-likeness (QED) is 0.818. The second-order valence-corrected chi connectivity index (χ2v) is 6.50. The van der Waals surface area contributed by atoms with Crippen LogP contribution in [0, 0.1) is 11.3 Å². The summed E-state index contributed by atoms with van der Waals surface area (Å²) in [7, 11) is 0. The molecule has 7 heteroatoms. The van der Waals surface area contributed by atoms with Crippen LogP contribution >= 0.6 is 0 Å². The number of aliphatic imine (C=N–C) groups is 1. The SMILES string of the molecule is N#Cc1ccccc1CN1C(=O)C2=NCC=CN2N=C1N1CCCCC1. The minimum Gasteiger partial charge on any atom is -0.341 e. The lowest BCUT2D eigenvalue weighted by molar-refractivity contribution is -0.122. The van der Waals surface area contributed by atoms with Crippen LogP contribution in [-0.4, -0.2) is 52.1 Å². The minimum absolute atomic E-state index is 0.169. The summed E-state index contributed by atoms with van der Waals surface area (Å²) in [5, 5.41) is 15.6. The van der Waals surface area contributed by atoms with E-state index in [2.05, 4.69) is 16.0 Å². The van der Waals surface area contributed by atoms with Crippen molar-refractivity contribution in [1.82, 2.24) is 14.8 Å². The highest BCUT2D eigenvalue weighted by Gasteiger charge is 2.37. The van der Waals surface area contributed by atoms with Crippen molar-refractivity contribution in [3.63, 3.8) is 0 Å². The first-order valence-electron chi connectivity index (χ1n) is 8.91. The number of piperidine rings is 1. The van der Waals surface area contributed by atoms with Gasteiger partial charge in [0.05, 0.1) is 24.7 Å². The fourth-order valence-electron chi connectivity index (χ4n) is 3.45. The van der Waals surface area contributed by atoms with Gasteiger partial charge in [-0.1, -0.05) is 18.2 Å². The number of likely N-dealkylation sites (tertiary alicyclic amines) is 1. The molecule has 0 N–H and O–H groups in total. The number of fused-ring (bicyclic) bond motifs is 1. The Morgan fingerprint density at radius 3 is 2.77 bits per heavy atom. The zero-order valence-electron chi connectivity index (χ0n) is 14.5. The van der Waals surface area contributed by atoms with Gasteiger partial charge in [0.2, 0.25) is 11.8 Å². The van der Waals surface area contributed by atoms with Crippen LogP contribution < -0.4 is 0 Å². The number of hydrazone groups is 1. The van der Waals surface area contributed by atoms with E-state index in [1.165, 1.54) is 6.42 Å². The third kappa shape index (κ3) is 2.94. The minimum atomic E-state index is -0.169. The van der Waals surface area contributed by atoms with Crippen LogP contribution in [0.2, 0.25) is 0 Å². The topological polar surface area (TPSA) is 75.3 Å². The first kappa shape index (κ1) is 16.3. The van der Waals surface area contributed by atoms with Crippen molar-refractivity contribution in [2.24, 2.45) is 10.1 Å². The number of carbonyl (C=O) groups excluding carboxylic acids is 1. The van der Waals surface area contributed by atoms with Gasteiger partial charge in [0, 0.05) is 19.3 Å². The van der Waals surface area contributed by atoms with Crippen molar-refractivity contribution in [2.45, 2.75) is 25.8 Å². The van der Waals surface area contributed by atoms with Crippen molar-refractivity contribution in [1.29, 1.82) is 5.26 Å². The first-order chi connectivity index (χ1) is 12.8. The molecular weight excluding hydrogens is 328 g/mol. The van der Waals surface area contributed by atoms with Crippen LogP contribution in [0.4, 0.5) is 0 Å². The van der Waals surface area contributed by atoms with E-state index < -0.39 is 0 Å². The van der Waals surface area contributed by atoms with Crippen molar-refractivity contribution < 1.29 is 4.79 Å². The average Bonchev–Trinajstić information content (AvgIpc) is 2.71. The van der Waals surface area contributed by atoms with E-state index in [0.717, 1.165) is 31.5 Å². The van der Waals surface area contributed by atoms with E-state index in [0.29, 0.717) is 30.4 Å². The highest BCUT2D eigenvalue weighted by atomic mass is 16.2. The standard InChI is InChI=1S/C19H20N6O/c20-13-15-7-2-3-8-16(15)14-24-18(26)17-21-9-6-12-25(17)22-19(24)23-10-4-1-5-11-23/h2-3,6-8,12H,1,4-5,9-11,14H2. The van der Waals surface area contributed by atoms with Crippen molar-refractivity contribution in [3.8, 4) is 6.07 Å². The smallest absolute Gasteiger partial charge is 0.298 e. The van der Waals surface area contributed by atoms with Crippen molar-refractivity contribution in [3.05, 3.63) is 47.7 Å². The number of carbonyl (C=O) groups is 1. The Kier molecular flexibility index (Phi) is 4.40. The molecule has 7 nitrogen and oxygen atoms in total. The summed E-state index contributed by atoms with van der Waals surface area (Å²) in [5.41, 5.74) is 1.39. The maximum Gasteiger partial charge on any atom is 0.298 e. The van der Waals surface area contributed by atoms with Gasteiger partial charge in [0.25, 0.3) is 5.91 Å². The van der Waals surface area contributed by atoms with E-state index >= 15 is 0 Å². The molecule has 0 unspecified atom stereocenters. The Balaban J connectivity index is 1.72. The highest BCUT2D eigenvalue weighted by Crippen LogP contribution is 2.21. The molecule has 3 aliphatic heterocycles. The molecule has 1 saturated heterocycles. The molecule has 0 radical (unpaired) electrons. The third-order valence-corrected chi connectivity index (χ3v) is 4.79. The zero-order valence-corrected chi connectivity index (χ0v) is 14.5. The Morgan fingerprint density at radius 1 is 1.15 bits per heavy atom. The lowest BCUT2D eigenvalue weighted by Gasteiger charge is -2.39. The van der Waals surface area contributed by atoms with Crippen molar-refractivity contribution >= 4 is 17.7 Å². The number of guanidine groups is 1. The predicted octanol–water partition coefficient (Wildman–Crippen LogP) is 1.89. The molecular formula is C19H20N6O. The number of nitrogens with zero attached hydrogens (tertiary/aromatic N) is 6. The van der Waals surface area contributed by atoms with Gasteiger partial charge in [-0.2, -0.15) is 5.26 Å². The van der Waals surface area contributed by atoms with Crippen LogP contribution in [-0.2, 0) is 11.3 Å². The number of amidine groups is 1. The molecule has 0 atom stereocenters. The number of amides is 1. The molecule has 4 rings (SSSR count). The summed E-state index contributed by atoms with van der Waals surface area (Å²) in [4.78, 5) is 21.3. The van der Waals surface area contributed by atoms with E-state index in [1.54, 1.807) is 22.2 Å². The number of benzene rings is 1. The van der Waals surface area contributed by atoms with Gasteiger partial charge < -0.3 is 4.90 Å². The first-order valence-corrected chi connectivity index (χ1v) is 8.91. The fraction of sp³-hybridized carbons (Fsp3) is 0.368. The van der Waals surface area contributed by atoms with E-state index in [4.69, 9.17) is 5.10 Å². The van der Waals surface area contributed by atoms with Gasteiger partial charge in [0.15, 0.2) is 0 Å². The molecule has 1 amide bonds. The van der Waals surface area contributed by atoms with Gasteiger partial charge >= 0.3 is 0 Å². The van der Waals surface area contributed by atoms with Gasteiger partial charge in [-0.25, -0.2) is 5.01 Å². The van der Waals surface area contributed by atoms with Crippen molar-refractivity contribution in [2.75, 3.05) is 19.6 Å². The largest absolute Gasteiger partial charge is 0.341 e. The second-order valence-electron chi connectivity index (χ2n) is 6.50. The highest BCUT2D eigenvalue weighted by molar-refractivity contribution is 6.41. The number of rotatable bonds is 2. The Morgan fingerprint density at radius 2 is 1.96 bits per heavy atom. The number of nitriles is 1. The zero-order chi connectivity index (χ0) is 17.9. The van der Waals surface area contributed by atoms with Gasteiger partial charge in [-0.15, -0.1) is 5.10 Å². The van der Waals surface area contributed by atoms with Gasteiger partial charge in [-0.05, 0) is 37.0 Å². The molecule has 3 heterocycles. The lowest BCUT2D eigenvalue weighted by atomic mass is 10.1. The maximum absolute atomic E-state index is 13.1. The molecule has 132 valence electrons. The number of hydrogen-bond donors (Lipinski definition) is 0. The van der Waals surface area contributed by atoms with Crippen LogP contribution in [0.1, 0.15) is 30.4 Å². The second kappa shape index (κ2) is 7.00. The summed E-state index contributed by atoms with van der Waals surface area (Å²) in [6.07, 6.45) is 7.06. The van der Waals surface area contributed by atoms with Crippen LogP contribution in [0.15, 0.2) is 46.6 Å². The lowest BCUT2D eigenvalue weighted by Crippen LogP contribution is -2.57. The molecule has 0 bridgehead atoms. The molecule has 1 aromatic rings. The van der Waals surface area contributed by atoms with E-state index in [1.807, 2.05) is 24.3 Å². The normalized spacial score (nSPS) is 19.7. The molecule has 1 fully saturated rings. The fourth-order valence-corrected chi connectivity index (χ4v) is 3.45. The molecule has 0 saturated carbocycles.